The molecule has 0 aliphatic heterocycles. The molecule has 120 valence electrons. The summed E-state index contributed by atoms with van der Waals surface area (Å²) >= 11 is 0. The molecular formula is C20H13F3O. The summed E-state index contributed by atoms with van der Waals surface area (Å²) in [5, 5.41) is 2.07. The molecule has 0 unspecified atom stereocenters. The van der Waals surface area contributed by atoms with Crippen molar-refractivity contribution in [2.45, 2.75) is 6.18 Å². The monoisotopic (exact) mass is 326 g/mol. The number of fused-ring (bicyclic) bond motifs is 1. The summed E-state index contributed by atoms with van der Waals surface area (Å²) in [4.78, 5) is 12.1. The van der Waals surface area contributed by atoms with Gasteiger partial charge in [-0.25, -0.2) is 0 Å². The van der Waals surface area contributed by atoms with Crippen molar-refractivity contribution in [3.63, 3.8) is 0 Å². The Labute approximate surface area is 137 Å². The molecule has 0 aliphatic rings. The van der Waals surface area contributed by atoms with Crippen molar-refractivity contribution in [2.75, 3.05) is 0 Å². The third-order valence-corrected chi connectivity index (χ3v) is 3.73. The predicted octanol–water partition coefficient (Wildman–Crippen LogP) is 5.75. The molecule has 24 heavy (non-hydrogen) atoms. The fourth-order valence-electron chi connectivity index (χ4n) is 2.48. The fourth-order valence-corrected chi connectivity index (χ4v) is 2.48. The first-order chi connectivity index (χ1) is 11.4. The molecule has 0 fully saturated rings. The second-order valence-corrected chi connectivity index (χ2v) is 5.34. The van der Waals surface area contributed by atoms with Gasteiger partial charge in [-0.2, -0.15) is 13.2 Å². The lowest BCUT2D eigenvalue weighted by Crippen LogP contribution is -2.05. The van der Waals surface area contributed by atoms with E-state index in [0.717, 1.165) is 28.5 Å². The first-order valence-corrected chi connectivity index (χ1v) is 7.32. The maximum Gasteiger partial charge on any atom is 0.416 e. The van der Waals surface area contributed by atoms with Gasteiger partial charge in [-0.05, 0) is 34.5 Å². The van der Waals surface area contributed by atoms with Crippen LogP contribution in [0.25, 0.3) is 16.8 Å². The molecule has 3 rings (SSSR count). The molecule has 0 atom stereocenters. The maximum absolute atomic E-state index is 12.5. The second-order valence-electron chi connectivity index (χ2n) is 5.34. The van der Waals surface area contributed by atoms with Gasteiger partial charge in [0.25, 0.3) is 0 Å². The molecule has 0 saturated carbocycles. The number of hydrogen-bond donors (Lipinski definition) is 0. The van der Waals surface area contributed by atoms with Gasteiger partial charge in [0, 0.05) is 5.56 Å². The van der Waals surface area contributed by atoms with Crippen molar-refractivity contribution >= 4 is 22.6 Å². The SMILES string of the molecule is O=C(C=Cc1cccc2ccccc12)c1ccc(C(F)(F)F)cc1. The van der Waals surface area contributed by atoms with Gasteiger partial charge in [0.15, 0.2) is 5.78 Å². The van der Waals surface area contributed by atoms with Crippen molar-refractivity contribution in [1.29, 1.82) is 0 Å². The molecule has 0 N–H and O–H groups in total. The molecule has 0 bridgehead atoms. The molecule has 0 saturated heterocycles. The van der Waals surface area contributed by atoms with E-state index in [1.165, 1.54) is 18.2 Å². The van der Waals surface area contributed by atoms with Crippen LogP contribution in [0.3, 0.4) is 0 Å². The van der Waals surface area contributed by atoms with E-state index >= 15 is 0 Å². The van der Waals surface area contributed by atoms with Gasteiger partial charge >= 0.3 is 6.18 Å². The smallest absolute Gasteiger partial charge is 0.289 e. The Balaban J connectivity index is 1.85. The van der Waals surface area contributed by atoms with Gasteiger partial charge in [-0.15, -0.1) is 0 Å². The zero-order valence-electron chi connectivity index (χ0n) is 12.5. The summed E-state index contributed by atoms with van der Waals surface area (Å²) in [6.45, 7) is 0. The van der Waals surface area contributed by atoms with Crippen LogP contribution in [0.15, 0.2) is 72.8 Å². The molecule has 0 radical (unpaired) electrons. The minimum absolute atomic E-state index is 0.222. The topological polar surface area (TPSA) is 17.1 Å². The summed E-state index contributed by atoms with van der Waals surface area (Å²) in [6, 6.07) is 17.8. The minimum atomic E-state index is -4.40. The lowest BCUT2D eigenvalue weighted by molar-refractivity contribution is -0.137. The highest BCUT2D eigenvalue weighted by atomic mass is 19.4. The Morgan fingerprint density at radius 2 is 1.50 bits per heavy atom. The van der Waals surface area contributed by atoms with Crippen molar-refractivity contribution in [2.24, 2.45) is 0 Å². The molecule has 3 aromatic carbocycles. The van der Waals surface area contributed by atoms with Gasteiger partial charge in [-0.3, -0.25) is 4.79 Å². The standard InChI is InChI=1S/C20H13F3O/c21-20(22,23)17-11-8-16(9-12-17)19(24)13-10-15-6-3-5-14-4-1-2-7-18(14)15/h1-13H. The van der Waals surface area contributed by atoms with E-state index in [1.807, 2.05) is 42.5 Å². The number of ketones is 1. The number of alkyl halides is 3. The Morgan fingerprint density at radius 3 is 2.21 bits per heavy atom. The number of halogens is 3. The van der Waals surface area contributed by atoms with Crippen LogP contribution < -0.4 is 0 Å². The third-order valence-electron chi connectivity index (χ3n) is 3.73. The number of hydrogen-bond acceptors (Lipinski definition) is 1. The molecule has 0 spiro atoms. The van der Waals surface area contributed by atoms with E-state index < -0.39 is 11.7 Å². The van der Waals surface area contributed by atoms with Crippen molar-refractivity contribution < 1.29 is 18.0 Å². The largest absolute Gasteiger partial charge is 0.416 e. The lowest BCUT2D eigenvalue weighted by Gasteiger charge is -2.06. The third kappa shape index (κ3) is 3.38. The average molecular weight is 326 g/mol. The first kappa shape index (κ1) is 16.0. The van der Waals surface area contributed by atoms with E-state index in [9.17, 15) is 18.0 Å². The number of rotatable bonds is 3. The van der Waals surface area contributed by atoms with Crippen LogP contribution in [0, 0.1) is 0 Å². The van der Waals surface area contributed by atoms with Crippen LogP contribution in [0.2, 0.25) is 0 Å². The first-order valence-electron chi connectivity index (χ1n) is 7.32. The zero-order valence-corrected chi connectivity index (χ0v) is 12.5. The Bertz CT molecular complexity index is 901. The lowest BCUT2D eigenvalue weighted by atomic mass is 10.0. The summed E-state index contributed by atoms with van der Waals surface area (Å²) in [7, 11) is 0. The van der Waals surface area contributed by atoms with Crippen molar-refractivity contribution in [3.8, 4) is 0 Å². The fraction of sp³-hybridized carbons (Fsp3) is 0.0500. The van der Waals surface area contributed by atoms with Crippen LogP contribution in [-0.2, 0) is 6.18 Å². The van der Waals surface area contributed by atoms with Crippen LogP contribution in [0.1, 0.15) is 21.5 Å². The molecule has 4 heteroatoms. The van der Waals surface area contributed by atoms with E-state index in [1.54, 1.807) is 6.08 Å². The Morgan fingerprint density at radius 1 is 0.833 bits per heavy atom. The Hall–Kier alpha value is -2.88. The molecule has 0 heterocycles. The molecule has 0 aromatic heterocycles. The minimum Gasteiger partial charge on any atom is -0.289 e. The van der Waals surface area contributed by atoms with Gasteiger partial charge in [0.05, 0.1) is 5.56 Å². The second kappa shape index (κ2) is 6.32. The van der Waals surface area contributed by atoms with Gasteiger partial charge in [-0.1, -0.05) is 60.7 Å². The number of carbonyl (C=O) groups excluding carboxylic acids is 1. The number of benzene rings is 3. The quantitative estimate of drug-likeness (QED) is 0.442. The molecule has 1 nitrogen and oxygen atoms in total. The predicted molar refractivity (Wildman–Crippen MR) is 88.8 cm³/mol. The van der Waals surface area contributed by atoms with E-state index in [-0.39, 0.29) is 11.3 Å². The summed E-state index contributed by atoms with van der Waals surface area (Å²) in [5.41, 5.74) is 0.338. The summed E-state index contributed by atoms with van der Waals surface area (Å²) in [5.74, 6) is -0.336. The van der Waals surface area contributed by atoms with Crippen LogP contribution in [0.4, 0.5) is 13.2 Å². The van der Waals surface area contributed by atoms with E-state index in [2.05, 4.69) is 0 Å². The highest BCUT2D eigenvalue weighted by Crippen LogP contribution is 2.29. The Kier molecular flexibility index (Phi) is 4.21. The highest BCUT2D eigenvalue weighted by molar-refractivity contribution is 6.07. The number of carbonyl (C=O) groups is 1. The van der Waals surface area contributed by atoms with Gasteiger partial charge in [0.1, 0.15) is 0 Å². The van der Waals surface area contributed by atoms with Gasteiger partial charge in [0.2, 0.25) is 0 Å². The molecule has 3 aromatic rings. The van der Waals surface area contributed by atoms with E-state index in [0.29, 0.717) is 0 Å². The number of allylic oxidation sites excluding steroid dienone is 1. The zero-order chi connectivity index (χ0) is 17.2. The maximum atomic E-state index is 12.5. The van der Waals surface area contributed by atoms with Crippen LogP contribution in [-0.4, -0.2) is 5.78 Å². The van der Waals surface area contributed by atoms with Gasteiger partial charge < -0.3 is 0 Å². The van der Waals surface area contributed by atoms with Crippen molar-refractivity contribution in [1.82, 2.24) is 0 Å². The van der Waals surface area contributed by atoms with E-state index in [4.69, 9.17) is 0 Å². The highest BCUT2D eigenvalue weighted by Gasteiger charge is 2.30. The molecule has 0 amide bonds. The normalized spacial score (nSPS) is 12.0. The summed E-state index contributed by atoms with van der Waals surface area (Å²) in [6.07, 6.45) is -1.34. The van der Waals surface area contributed by atoms with Crippen LogP contribution >= 0.6 is 0 Å². The average Bonchev–Trinajstić information content (AvgIpc) is 2.59. The van der Waals surface area contributed by atoms with Crippen molar-refractivity contribution in [3.05, 3.63) is 89.5 Å². The van der Waals surface area contributed by atoms with Crippen LogP contribution in [0.5, 0.6) is 0 Å². The molecular weight excluding hydrogens is 313 g/mol. The molecule has 0 aliphatic carbocycles. The summed E-state index contributed by atoms with van der Waals surface area (Å²) < 4.78 is 37.6.